The number of nitrogens with one attached hydrogen (secondary N) is 3. The normalized spacial score (nSPS) is 11.8. The maximum Gasteiger partial charge on any atom is 0.242 e. The molecule has 0 aliphatic heterocycles. The molecule has 0 aliphatic carbocycles. The van der Waals surface area contributed by atoms with E-state index in [9.17, 15) is 4.79 Å². The van der Waals surface area contributed by atoms with Gasteiger partial charge in [-0.05, 0) is 20.3 Å². The van der Waals surface area contributed by atoms with Crippen LogP contribution in [0.4, 0.5) is 11.6 Å². The summed E-state index contributed by atoms with van der Waals surface area (Å²) < 4.78 is 0. The Hall–Kier alpha value is -1.85. The van der Waals surface area contributed by atoms with Crippen LogP contribution in [0, 0.1) is 6.92 Å². The Labute approximate surface area is 120 Å². The summed E-state index contributed by atoms with van der Waals surface area (Å²) in [5.74, 6) is 2.23. The van der Waals surface area contributed by atoms with Crippen LogP contribution >= 0.6 is 0 Å². The highest BCUT2D eigenvalue weighted by Gasteiger charge is 2.16. The van der Waals surface area contributed by atoms with E-state index in [1.165, 1.54) is 0 Å². The molecule has 0 saturated heterocycles. The van der Waals surface area contributed by atoms with E-state index in [4.69, 9.17) is 0 Å². The molecule has 1 aromatic rings. The van der Waals surface area contributed by atoms with Crippen LogP contribution in [0.1, 0.15) is 38.6 Å². The second kappa shape index (κ2) is 7.67. The highest BCUT2D eigenvalue weighted by Crippen LogP contribution is 2.20. The molecule has 112 valence electrons. The van der Waals surface area contributed by atoms with Gasteiger partial charge in [0.2, 0.25) is 5.91 Å². The van der Waals surface area contributed by atoms with Crippen molar-refractivity contribution in [2.24, 2.45) is 0 Å². The molecule has 1 heterocycles. The standard InChI is InChI=1S/C14H25N5O/c1-6-8-16-14(20)10(4)17-13-9(3)12(15-5)18-11(7-2)19-13/h10H,6-8H2,1-5H3,(H,16,20)(H2,15,17,18,19). The maximum absolute atomic E-state index is 11.9. The van der Waals surface area contributed by atoms with Crippen molar-refractivity contribution < 1.29 is 4.79 Å². The predicted molar refractivity (Wildman–Crippen MR) is 82.1 cm³/mol. The molecule has 1 atom stereocenters. The third-order valence-corrected chi connectivity index (χ3v) is 3.04. The fourth-order valence-corrected chi connectivity index (χ4v) is 1.78. The molecule has 0 radical (unpaired) electrons. The van der Waals surface area contributed by atoms with Gasteiger partial charge in [-0.3, -0.25) is 4.79 Å². The largest absolute Gasteiger partial charge is 0.373 e. The van der Waals surface area contributed by atoms with Crippen molar-refractivity contribution in [2.45, 2.75) is 46.6 Å². The highest BCUT2D eigenvalue weighted by atomic mass is 16.2. The second-order valence-electron chi connectivity index (χ2n) is 4.72. The van der Waals surface area contributed by atoms with Crippen LogP contribution in [0.25, 0.3) is 0 Å². The number of hydrogen-bond donors (Lipinski definition) is 3. The predicted octanol–water partition coefficient (Wildman–Crippen LogP) is 1.72. The molecule has 0 aromatic carbocycles. The first-order chi connectivity index (χ1) is 9.53. The molecule has 0 saturated carbocycles. The first kappa shape index (κ1) is 16.2. The summed E-state index contributed by atoms with van der Waals surface area (Å²) in [6, 6.07) is -0.329. The lowest BCUT2D eigenvalue weighted by Crippen LogP contribution is -2.38. The van der Waals surface area contributed by atoms with Gasteiger partial charge in [-0.25, -0.2) is 9.97 Å². The Morgan fingerprint density at radius 2 is 1.90 bits per heavy atom. The Kier molecular flexibility index (Phi) is 6.21. The van der Waals surface area contributed by atoms with E-state index in [0.29, 0.717) is 12.4 Å². The lowest BCUT2D eigenvalue weighted by atomic mass is 10.2. The van der Waals surface area contributed by atoms with Gasteiger partial charge in [-0.15, -0.1) is 0 Å². The molecular weight excluding hydrogens is 254 g/mol. The summed E-state index contributed by atoms with van der Waals surface area (Å²) in [6.45, 7) is 8.49. The number of anilines is 2. The monoisotopic (exact) mass is 279 g/mol. The zero-order chi connectivity index (χ0) is 15.1. The third kappa shape index (κ3) is 4.08. The number of nitrogens with zero attached hydrogens (tertiary/aromatic N) is 2. The van der Waals surface area contributed by atoms with Gasteiger partial charge in [0.1, 0.15) is 23.5 Å². The van der Waals surface area contributed by atoms with Crippen LogP contribution in [0.3, 0.4) is 0 Å². The molecule has 1 unspecified atom stereocenters. The second-order valence-corrected chi connectivity index (χ2v) is 4.72. The molecule has 0 bridgehead atoms. The fourth-order valence-electron chi connectivity index (χ4n) is 1.78. The van der Waals surface area contributed by atoms with Crippen LogP contribution < -0.4 is 16.0 Å². The van der Waals surface area contributed by atoms with Gasteiger partial charge in [0.05, 0.1) is 0 Å². The van der Waals surface area contributed by atoms with Crippen molar-refractivity contribution in [1.29, 1.82) is 0 Å². The Balaban J connectivity index is 2.88. The Morgan fingerprint density at radius 3 is 2.45 bits per heavy atom. The van der Waals surface area contributed by atoms with E-state index in [2.05, 4.69) is 25.9 Å². The topological polar surface area (TPSA) is 78.9 Å². The van der Waals surface area contributed by atoms with Crippen LogP contribution in [-0.4, -0.2) is 35.5 Å². The van der Waals surface area contributed by atoms with Gasteiger partial charge in [-0.1, -0.05) is 13.8 Å². The van der Waals surface area contributed by atoms with Crippen molar-refractivity contribution in [3.05, 3.63) is 11.4 Å². The lowest BCUT2D eigenvalue weighted by Gasteiger charge is -2.18. The molecule has 20 heavy (non-hydrogen) atoms. The first-order valence-corrected chi connectivity index (χ1v) is 7.12. The van der Waals surface area contributed by atoms with Crippen molar-refractivity contribution >= 4 is 17.5 Å². The lowest BCUT2D eigenvalue weighted by molar-refractivity contribution is -0.121. The minimum Gasteiger partial charge on any atom is -0.373 e. The van der Waals surface area contributed by atoms with Crippen LogP contribution in [0.15, 0.2) is 0 Å². The number of carbonyl (C=O) groups is 1. The first-order valence-electron chi connectivity index (χ1n) is 7.12. The average molecular weight is 279 g/mol. The molecule has 1 rings (SSSR count). The number of hydrogen-bond acceptors (Lipinski definition) is 5. The summed E-state index contributed by atoms with van der Waals surface area (Å²) in [7, 11) is 1.83. The summed E-state index contributed by atoms with van der Waals surface area (Å²) in [4.78, 5) is 20.8. The smallest absolute Gasteiger partial charge is 0.242 e. The zero-order valence-electron chi connectivity index (χ0n) is 13.0. The van der Waals surface area contributed by atoms with Gasteiger partial charge in [0.25, 0.3) is 0 Å². The van der Waals surface area contributed by atoms with Crippen LogP contribution in [0.2, 0.25) is 0 Å². The summed E-state index contributed by atoms with van der Waals surface area (Å²) >= 11 is 0. The van der Waals surface area contributed by atoms with Crippen molar-refractivity contribution in [3.63, 3.8) is 0 Å². The molecule has 1 amide bonds. The van der Waals surface area contributed by atoms with E-state index in [1.807, 2.05) is 34.7 Å². The summed E-state index contributed by atoms with van der Waals surface area (Å²) in [5, 5.41) is 9.09. The van der Waals surface area contributed by atoms with Crippen LogP contribution in [-0.2, 0) is 11.2 Å². The number of aryl methyl sites for hydroxylation is 1. The highest BCUT2D eigenvalue weighted by molar-refractivity contribution is 5.84. The molecule has 1 aromatic heterocycles. The number of carbonyl (C=O) groups excluding carboxylic acids is 1. The molecule has 0 aliphatic rings. The van der Waals surface area contributed by atoms with Gasteiger partial charge in [-0.2, -0.15) is 0 Å². The SMILES string of the molecule is CCCNC(=O)C(C)Nc1nc(CC)nc(NC)c1C. The van der Waals surface area contributed by atoms with Crippen molar-refractivity contribution in [1.82, 2.24) is 15.3 Å². The zero-order valence-corrected chi connectivity index (χ0v) is 13.0. The van der Waals surface area contributed by atoms with Gasteiger partial charge in [0, 0.05) is 25.6 Å². The Bertz CT molecular complexity index is 461. The van der Waals surface area contributed by atoms with E-state index in [0.717, 1.165) is 30.0 Å². The van der Waals surface area contributed by atoms with Crippen molar-refractivity contribution in [2.75, 3.05) is 24.2 Å². The van der Waals surface area contributed by atoms with Gasteiger partial charge >= 0.3 is 0 Å². The minimum atomic E-state index is -0.329. The van der Waals surface area contributed by atoms with Gasteiger partial charge in [0.15, 0.2) is 0 Å². The minimum absolute atomic E-state index is 0.0195. The van der Waals surface area contributed by atoms with Crippen molar-refractivity contribution in [3.8, 4) is 0 Å². The molecule has 6 heteroatoms. The summed E-state index contributed by atoms with van der Waals surface area (Å²) in [6.07, 6.45) is 1.68. The number of rotatable bonds is 7. The third-order valence-electron chi connectivity index (χ3n) is 3.04. The fraction of sp³-hybridized carbons (Fsp3) is 0.643. The van der Waals surface area contributed by atoms with E-state index in [1.54, 1.807) is 0 Å². The molecule has 6 nitrogen and oxygen atoms in total. The molecule has 0 spiro atoms. The molecule has 0 fully saturated rings. The van der Waals surface area contributed by atoms with E-state index in [-0.39, 0.29) is 11.9 Å². The summed E-state index contributed by atoms with van der Waals surface area (Å²) in [5.41, 5.74) is 0.917. The van der Waals surface area contributed by atoms with Gasteiger partial charge < -0.3 is 16.0 Å². The molecular formula is C14H25N5O. The number of amides is 1. The van der Waals surface area contributed by atoms with Crippen LogP contribution in [0.5, 0.6) is 0 Å². The van der Waals surface area contributed by atoms with E-state index >= 15 is 0 Å². The van der Waals surface area contributed by atoms with E-state index < -0.39 is 0 Å². The Morgan fingerprint density at radius 1 is 1.25 bits per heavy atom. The maximum atomic E-state index is 11.9. The average Bonchev–Trinajstić information content (AvgIpc) is 2.46. The number of aromatic nitrogens is 2. The molecule has 3 N–H and O–H groups in total. The quantitative estimate of drug-likeness (QED) is 0.708.